The Labute approximate surface area is 165 Å². The van der Waals surface area contributed by atoms with Crippen LogP contribution in [-0.4, -0.2) is 45.4 Å². The number of nitrogens with zero attached hydrogens (tertiary/aromatic N) is 1. The first-order valence-corrected chi connectivity index (χ1v) is 10.6. The molecule has 0 spiro atoms. The van der Waals surface area contributed by atoms with Crippen molar-refractivity contribution in [2.75, 3.05) is 37.4 Å². The lowest BCUT2D eigenvalue weighted by atomic mass is 10.2. The van der Waals surface area contributed by atoms with Gasteiger partial charge in [0.05, 0.1) is 24.2 Å². The summed E-state index contributed by atoms with van der Waals surface area (Å²) in [5.74, 6) is 0.369. The zero-order valence-corrected chi connectivity index (χ0v) is 16.9. The third kappa shape index (κ3) is 4.63. The van der Waals surface area contributed by atoms with E-state index in [1.165, 1.54) is 4.31 Å². The average Bonchev–Trinajstić information content (AvgIpc) is 3.23. The SMILES string of the molecule is COc1ccc(C)cc1NC(=O)CNc1ccc(S(=O)(=O)N2CCCC2)cc1. The van der Waals surface area contributed by atoms with Crippen molar-refractivity contribution in [3.05, 3.63) is 48.0 Å². The lowest BCUT2D eigenvalue weighted by Crippen LogP contribution is -2.27. The number of hydrogen-bond acceptors (Lipinski definition) is 5. The summed E-state index contributed by atoms with van der Waals surface area (Å²) in [6.07, 6.45) is 1.80. The zero-order chi connectivity index (χ0) is 20.1. The van der Waals surface area contributed by atoms with Crippen LogP contribution < -0.4 is 15.4 Å². The summed E-state index contributed by atoms with van der Waals surface area (Å²) in [4.78, 5) is 12.5. The number of nitrogens with one attached hydrogen (secondary N) is 2. The maximum absolute atomic E-state index is 12.5. The Balaban J connectivity index is 1.59. The van der Waals surface area contributed by atoms with Crippen LogP contribution in [0.5, 0.6) is 5.75 Å². The van der Waals surface area contributed by atoms with Crippen LogP contribution in [0.2, 0.25) is 0 Å². The lowest BCUT2D eigenvalue weighted by Gasteiger charge is -2.16. The molecule has 1 heterocycles. The van der Waals surface area contributed by atoms with E-state index in [9.17, 15) is 13.2 Å². The van der Waals surface area contributed by atoms with Crippen LogP contribution in [-0.2, 0) is 14.8 Å². The summed E-state index contributed by atoms with van der Waals surface area (Å²) < 4.78 is 31.8. The third-order valence-corrected chi connectivity index (χ3v) is 6.55. The number of carbonyl (C=O) groups excluding carboxylic acids is 1. The first-order valence-electron chi connectivity index (χ1n) is 9.19. The minimum Gasteiger partial charge on any atom is -0.495 e. The number of benzene rings is 2. The molecule has 1 aliphatic rings. The molecule has 0 saturated carbocycles. The lowest BCUT2D eigenvalue weighted by molar-refractivity contribution is -0.114. The van der Waals surface area contributed by atoms with Crippen LogP contribution in [0.1, 0.15) is 18.4 Å². The van der Waals surface area contributed by atoms with Crippen LogP contribution >= 0.6 is 0 Å². The first-order chi connectivity index (χ1) is 13.4. The topological polar surface area (TPSA) is 87.7 Å². The van der Waals surface area contributed by atoms with Gasteiger partial charge in [0.25, 0.3) is 0 Å². The van der Waals surface area contributed by atoms with Crippen LogP contribution in [0.15, 0.2) is 47.4 Å². The molecule has 150 valence electrons. The summed E-state index contributed by atoms with van der Waals surface area (Å²) in [6, 6.07) is 12.0. The molecule has 0 aliphatic carbocycles. The van der Waals surface area contributed by atoms with Gasteiger partial charge >= 0.3 is 0 Å². The van der Waals surface area contributed by atoms with Gasteiger partial charge in [-0.2, -0.15) is 4.31 Å². The van der Waals surface area contributed by atoms with E-state index in [1.54, 1.807) is 37.4 Å². The predicted molar refractivity (Wildman–Crippen MR) is 109 cm³/mol. The second kappa shape index (κ2) is 8.62. The Kier molecular flexibility index (Phi) is 6.21. The number of amides is 1. The smallest absolute Gasteiger partial charge is 0.243 e. The molecule has 1 amide bonds. The predicted octanol–water partition coefficient (Wildman–Crippen LogP) is 2.84. The Morgan fingerprint density at radius 1 is 1.11 bits per heavy atom. The van der Waals surface area contributed by atoms with Gasteiger partial charge in [0.15, 0.2) is 0 Å². The number of anilines is 2. The van der Waals surface area contributed by atoms with Crippen molar-refractivity contribution >= 4 is 27.3 Å². The van der Waals surface area contributed by atoms with Crippen LogP contribution in [0.3, 0.4) is 0 Å². The number of hydrogen-bond donors (Lipinski definition) is 2. The van der Waals surface area contributed by atoms with Gasteiger partial charge in [0.2, 0.25) is 15.9 Å². The van der Waals surface area contributed by atoms with E-state index in [4.69, 9.17) is 4.74 Å². The van der Waals surface area contributed by atoms with Crippen molar-refractivity contribution in [2.24, 2.45) is 0 Å². The third-order valence-electron chi connectivity index (χ3n) is 4.64. The van der Waals surface area contributed by atoms with Crippen molar-refractivity contribution in [1.29, 1.82) is 0 Å². The van der Waals surface area contributed by atoms with Gasteiger partial charge in [-0.3, -0.25) is 4.79 Å². The standard InChI is InChI=1S/C20H25N3O4S/c1-15-5-10-19(27-2)18(13-15)22-20(24)14-21-16-6-8-17(9-7-16)28(25,26)23-11-3-4-12-23/h5-10,13,21H,3-4,11-12,14H2,1-2H3,(H,22,24). The molecule has 1 saturated heterocycles. The quantitative estimate of drug-likeness (QED) is 0.742. The van der Waals surface area contributed by atoms with Crippen molar-refractivity contribution in [2.45, 2.75) is 24.7 Å². The molecule has 3 rings (SSSR count). The normalized spacial score (nSPS) is 14.6. The molecule has 7 nitrogen and oxygen atoms in total. The van der Waals surface area contributed by atoms with Gasteiger partial charge < -0.3 is 15.4 Å². The molecule has 0 aromatic heterocycles. The molecular weight excluding hydrogens is 378 g/mol. The molecule has 28 heavy (non-hydrogen) atoms. The molecule has 8 heteroatoms. The zero-order valence-electron chi connectivity index (χ0n) is 16.1. The summed E-state index contributed by atoms with van der Waals surface area (Å²) in [5.41, 5.74) is 2.30. The second-order valence-corrected chi connectivity index (χ2v) is 8.68. The van der Waals surface area contributed by atoms with Crippen molar-refractivity contribution in [1.82, 2.24) is 4.31 Å². The molecule has 2 aromatic rings. The molecule has 0 unspecified atom stereocenters. The highest BCUT2D eigenvalue weighted by atomic mass is 32.2. The fourth-order valence-electron chi connectivity index (χ4n) is 3.12. The molecule has 2 N–H and O–H groups in total. The van der Waals surface area contributed by atoms with Gasteiger partial charge in [0, 0.05) is 18.8 Å². The molecule has 2 aromatic carbocycles. The van der Waals surface area contributed by atoms with Gasteiger partial charge in [-0.25, -0.2) is 8.42 Å². The minimum absolute atomic E-state index is 0.0509. The molecule has 0 bridgehead atoms. The summed E-state index contributed by atoms with van der Waals surface area (Å²) in [6.45, 7) is 3.14. The monoisotopic (exact) mass is 403 g/mol. The van der Waals surface area contributed by atoms with E-state index in [0.29, 0.717) is 30.2 Å². The van der Waals surface area contributed by atoms with E-state index in [2.05, 4.69) is 10.6 Å². The molecular formula is C20H25N3O4S. The fraction of sp³-hybridized carbons (Fsp3) is 0.350. The molecule has 1 aliphatic heterocycles. The van der Waals surface area contributed by atoms with E-state index in [-0.39, 0.29) is 17.3 Å². The Morgan fingerprint density at radius 2 is 1.79 bits per heavy atom. The highest BCUT2D eigenvalue weighted by Crippen LogP contribution is 2.25. The average molecular weight is 404 g/mol. The largest absolute Gasteiger partial charge is 0.495 e. The van der Waals surface area contributed by atoms with Gasteiger partial charge in [-0.1, -0.05) is 6.07 Å². The van der Waals surface area contributed by atoms with Crippen LogP contribution in [0.4, 0.5) is 11.4 Å². The number of methoxy groups -OCH3 is 1. The van der Waals surface area contributed by atoms with E-state index in [1.807, 2.05) is 19.1 Å². The highest BCUT2D eigenvalue weighted by Gasteiger charge is 2.26. The number of aryl methyl sites for hydroxylation is 1. The maximum atomic E-state index is 12.5. The fourth-order valence-corrected chi connectivity index (χ4v) is 4.64. The van der Waals surface area contributed by atoms with Crippen LogP contribution in [0.25, 0.3) is 0 Å². The van der Waals surface area contributed by atoms with E-state index >= 15 is 0 Å². The number of carbonyl (C=O) groups is 1. The van der Waals surface area contributed by atoms with Crippen LogP contribution in [0, 0.1) is 6.92 Å². The minimum atomic E-state index is -3.43. The van der Waals surface area contributed by atoms with Gasteiger partial charge in [-0.05, 0) is 61.7 Å². The number of ether oxygens (including phenoxy) is 1. The Bertz CT molecular complexity index is 936. The van der Waals surface area contributed by atoms with Gasteiger partial charge in [-0.15, -0.1) is 0 Å². The number of sulfonamides is 1. The van der Waals surface area contributed by atoms with E-state index in [0.717, 1.165) is 18.4 Å². The summed E-state index contributed by atoms with van der Waals surface area (Å²) in [5, 5.41) is 5.82. The maximum Gasteiger partial charge on any atom is 0.243 e. The van der Waals surface area contributed by atoms with E-state index < -0.39 is 10.0 Å². The highest BCUT2D eigenvalue weighted by molar-refractivity contribution is 7.89. The first kappa shape index (κ1) is 20.2. The van der Waals surface area contributed by atoms with Crippen molar-refractivity contribution in [3.63, 3.8) is 0 Å². The van der Waals surface area contributed by atoms with Gasteiger partial charge in [0.1, 0.15) is 5.75 Å². The molecule has 0 atom stereocenters. The Morgan fingerprint density at radius 3 is 2.43 bits per heavy atom. The Hall–Kier alpha value is -2.58. The summed E-state index contributed by atoms with van der Waals surface area (Å²) in [7, 11) is -1.87. The van der Waals surface area contributed by atoms with Crippen molar-refractivity contribution in [3.8, 4) is 5.75 Å². The molecule has 0 radical (unpaired) electrons. The number of rotatable bonds is 7. The second-order valence-electron chi connectivity index (χ2n) is 6.74. The van der Waals surface area contributed by atoms with Crippen molar-refractivity contribution < 1.29 is 17.9 Å². The molecule has 1 fully saturated rings. The summed E-state index contributed by atoms with van der Waals surface area (Å²) >= 11 is 0.